The summed E-state index contributed by atoms with van der Waals surface area (Å²) in [7, 11) is 0. The quantitative estimate of drug-likeness (QED) is 0.848. The van der Waals surface area contributed by atoms with Gasteiger partial charge in [-0.2, -0.15) is 4.37 Å². The van der Waals surface area contributed by atoms with Crippen molar-refractivity contribution in [3.05, 3.63) is 5.82 Å². The molecule has 0 radical (unpaired) electrons. The van der Waals surface area contributed by atoms with E-state index < -0.39 is 11.5 Å². The number of aryl methyl sites for hydroxylation is 1. The Kier molecular flexibility index (Phi) is 3.28. The summed E-state index contributed by atoms with van der Waals surface area (Å²) in [6.07, 6.45) is 0. The zero-order valence-electron chi connectivity index (χ0n) is 9.31. The van der Waals surface area contributed by atoms with Crippen LogP contribution in [0.5, 0.6) is 0 Å². The normalized spacial score (nSPS) is 11.5. The van der Waals surface area contributed by atoms with Gasteiger partial charge in [0.25, 0.3) is 0 Å². The van der Waals surface area contributed by atoms with Gasteiger partial charge in [0, 0.05) is 18.1 Å². The maximum atomic E-state index is 11.1. The number of hydrogen-bond acceptors (Lipinski definition) is 5. The van der Waals surface area contributed by atoms with Gasteiger partial charge in [-0.1, -0.05) is 0 Å². The van der Waals surface area contributed by atoms with Gasteiger partial charge >= 0.3 is 5.97 Å². The molecule has 0 atom stereocenters. The molecule has 1 rings (SSSR count). The molecule has 1 heterocycles. The molecule has 84 valence electrons. The summed E-state index contributed by atoms with van der Waals surface area (Å²) in [6.45, 7) is 7.61. The Hall–Kier alpha value is -1.17. The monoisotopic (exact) mass is 229 g/mol. The van der Waals surface area contributed by atoms with E-state index in [-0.39, 0.29) is 0 Å². The first kappa shape index (κ1) is 11.9. The second-order valence-electron chi connectivity index (χ2n) is 3.73. The van der Waals surface area contributed by atoms with E-state index in [0.29, 0.717) is 17.5 Å². The molecule has 5 nitrogen and oxygen atoms in total. The number of hydrogen-bond donors (Lipinski definition) is 1. The minimum atomic E-state index is -0.958. The van der Waals surface area contributed by atoms with Gasteiger partial charge in [-0.3, -0.25) is 0 Å². The van der Waals surface area contributed by atoms with E-state index >= 15 is 0 Å². The van der Waals surface area contributed by atoms with Crippen molar-refractivity contribution in [3.8, 4) is 0 Å². The largest absolute Gasteiger partial charge is 0.480 e. The average Bonchev–Trinajstić information content (AvgIpc) is 2.52. The third-order valence-electron chi connectivity index (χ3n) is 2.26. The fourth-order valence-corrected chi connectivity index (χ4v) is 2.16. The molecule has 0 aliphatic rings. The lowest BCUT2D eigenvalue weighted by atomic mass is 10.0. The molecule has 1 aromatic rings. The van der Waals surface area contributed by atoms with Crippen LogP contribution in [0.15, 0.2) is 0 Å². The van der Waals surface area contributed by atoms with Gasteiger partial charge in [-0.25, -0.2) is 9.78 Å². The molecule has 0 saturated heterocycles. The van der Waals surface area contributed by atoms with Crippen LogP contribution in [0.4, 0.5) is 5.13 Å². The molecule has 1 N–H and O–H groups in total. The summed E-state index contributed by atoms with van der Waals surface area (Å²) in [5, 5.41) is 9.78. The summed E-state index contributed by atoms with van der Waals surface area (Å²) in [6, 6.07) is 0. The Balaban J connectivity index is 3.04. The SMILES string of the molecule is CCN(c1nc(C)ns1)C(C)(C)C(=O)O. The lowest BCUT2D eigenvalue weighted by Gasteiger charge is -2.33. The molecular weight excluding hydrogens is 214 g/mol. The predicted molar refractivity (Wildman–Crippen MR) is 59.4 cm³/mol. The van der Waals surface area contributed by atoms with E-state index in [9.17, 15) is 4.79 Å². The van der Waals surface area contributed by atoms with Gasteiger partial charge in [0.15, 0.2) is 0 Å². The molecule has 0 unspecified atom stereocenters. The third kappa shape index (κ3) is 2.26. The molecule has 15 heavy (non-hydrogen) atoms. The van der Waals surface area contributed by atoms with E-state index in [1.54, 1.807) is 25.7 Å². The summed E-state index contributed by atoms with van der Waals surface area (Å²) in [4.78, 5) is 17.1. The van der Waals surface area contributed by atoms with Crippen molar-refractivity contribution in [1.82, 2.24) is 9.36 Å². The van der Waals surface area contributed by atoms with Crippen LogP contribution in [-0.2, 0) is 4.79 Å². The van der Waals surface area contributed by atoms with Crippen LogP contribution < -0.4 is 4.90 Å². The number of nitrogens with zero attached hydrogens (tertiary/aromatic N) is 3. The number of carboxylic acid groups (broad SMARTS) is 1. The Bertz CT molecular complexity index is 362. The first-order valence-corrected chi connectivity index (χ1v) is 5.48. The van der Waals surface area contributed by atoms with Gasteiger partial charge in [-0.15, -0.1) is 0 Å². The van der Waals surface area contributed by atoms with Crippen LogP contribution in [0, 0.1) is 6.92 Å². The van der Waals surface area contributed by atoms with E-state index in [1.807, 2.05) is 6.92 Å². The Labute approximate surface area is 92.9 Å². The maximum Gasteiger partial charge on any atom is 0.329 e. The fraction of sp³-hybridized carbons (Fsp3) is 0.667. The Morgan fingerprint density at radius 1 is 1.60 bits per heavy atom. The van der Waals surface area contributed by atoms with Crippen molar-refractivity contribution in [2.24, 2.45) is 0 Å². The van der Waals surface area contributed by atoms with Gasteiger partial charge in [0.2, 0.25) is 5.13 Å². The molecule has 0 fully saturated rings. The van der Waals surface area contributed by atoms with E-state index in [1.165, 1.54) is 11.5 Å². The molecule has 6 heteroatoms. The lowest BCUT2D eigenvalue weighted by Crippen LogP contribution is -2.50. The molecule has 0 spiro atoms. The summed E-state index contributed by atoms with van der Waals surface area (Å²) >= 11 is 1.23. The van der Waals surface area contributed by atoms with Crippen molar-refractivity contribution in [2.45, 2.75) is 33.2 Å². The number of carboxylic acids is 1. The standard InChI is InChI=1S/C9H15N3O2S/c1-5-12(9(3,4)7(13)14)8-10-6(2)11-15-8/h5H2,1-4H3,(H,13,14). The van der Waals surface area contributed by atoms with Crippen LogP contribution in [0.25, 0.3) is 0 Å². The molecule has 0 bridgehead atoms. The van der Waals surface area contributed by atoms with Gasteiger partial charge in [0.1, 0.15) is 11.4 Å². The van der Waals surface area contributed by atoms with Crippen LogP contribution in [0.3, 0.4) is 0 Å². The van der Waals surface area contributed by atoms with Crippen LogP contribution >= 0.6 is 11.5 Å². The minimum absolute atomic E-state index is 0.591. The fourth-order valence-electron chi connectivity index (χ4n) is 1.28. The van der Waals surface area contributed by atoms with Crippen molar-refractivity contribution < 1.29 is 9.90 Å². The van der Waals surface area contributed by atoms with Gasteiger partial charge in [0.05, 0.1) is 0 Å². The Morgan fingerprint density at radius 3 is 2.53 bits per heavy atom. The van der Waals surface area contributed by atoms with Crippen molar-refractivity contribution >= 4 is 22.6 Å². The zero-order valence-corrected chi connectivity index (χ0v) is 10.1. The molecule has 0 aliphatic heterocycles. The van der Waals surface area contributed by atoms with Crippen molar-refractivity contribution in [3.63, 3.8) is 0 Å². The van der Waals surface area contributed by atoms with E-state index in [4.69, 9.17) is 5.11 Å². The van der Waals surface area contributed by atoms with E-state index in [0.717, 1.165) is 0 Å². The highest BCUT2D eigenvalue weighted by atomic mass is 32.1. The highest BCUT2D eigenvalue weighted by Crippen LogP contribution is 2.25. The van der Waals surface area contributed by atoms with Crippen molar-refractivity contribution in [1.29, 1.82) is 0 Å². The molecule has 0 saturated carbocycles. The van der Waals surface area contributed by atoms with Gasteiger partial charge in [-0.05, 0) is 27.7 Å². The van der Waals surface area contributed by atoms with Crippen LogP contribution in [-0.4, -0.2) is 32.5 Å². The topological polar surface area (TPSA) is 66.3 Å². The molecule has 0 aromatic carbocycles. The minimum Gasteiger partial charge on any atom is -0.480 e. The molecule has 0 amide bonds. The first-order valence-electron chi connectivity index (χ1n) is 4.71. The molecular formula is C9H15N3O2S. The maximum absolute atomic E-state index is 11.1. The number of rotatable bonds is 4. The van der Waals surface area contributed by atoms with Gasteiger partial charge < -0.3 is 10.0 Å². The number of aliphatic carboxylic acids is 1. The summed E-state index contributed by atoms with van der Waals surface area (Å²) < 4.78 is 4.05. The second-order valence-corrected chi connectivity index (χ2v) is 4.46. The van der Waals surface area contributed by atoms with Crippen LogP contribution in [0.2, 0.25) is 0 Å². The average molecular weight is 229 g/mol. The zero-order chi connectivity index (χ0) is 11.6. The highest BCUT2D eigenvalue weighted by molar-refractivity contribution is 7.09. The third-order valence-corrected chi connectivity index (χ3v) is 3.09. The predicted octanol–water partition coefficient (Wildman–Crippen LogP) is 1.54. The smallest absolute Gasteiger partial charge is 0.329 e. The van der Waals surface area contributed by atoms with E-state index in [2.05, 4.69) is 9.36 Å². The Morgan fingerprint density at radius 2 is 2.20 bits per heavy atom. The number of likely N-dealkylation sites (N-methyl/N-ethyl adjacent to an activating group) is 1. The number of aromatic nitrogens is 2. The van der Waals surface area contributed by atoms with Crippen LogP contribution in [0.1, 0.15) is 26.6 Å². The number of anilines is 1. The summed E-state index contributed by atoms with van der Waals surface area (Å²) in [5.41, 5.74) is -0.958. The van der Waals surface area contributed by atoms with Crippen molar-refractivity contribution in [2.75, 3.05) is 11.4 Å². The highest BCUT2D eigenvalue weighted by Gasteiger charge is 2.35. The lowest BCUT2D eigenvalue weighted by molar-refractivity contribution is -0.142. The summed E-state index contributed by atoms with van der Waals surface area (Å²) in [5.74, 6) is -0.188. The molecule has 1 aromatic heterocycles. The second kappa shape index (κ2) is 4.14. The number of carbonyl (C=O) groups is 1. The first-order chi connectivity index (χ1) is 6.89. The molecule has 0 aliphatic carbocycles.